The van der Waals surface area contributed by atoms with Gasteiger partial charge in [-0.05, 0) is 19.3 Å². The van der Waals surface area contributed by atoms with Crippen molar-refractivity contribution in [1.29, 1.82) is 0 Å². The maximum absolute atomic E-state index is 11.8. The van der Waals surface area contributed by atoms with Crippen LogP contribution in [0.5, 0.6) is 5.88 Å². The van der Waals surface area contributed by atoms with E-state index in [0.29, 0.717) is 35.9 Å². The van der Waals surface area contributed by atoms with Crippen molar-refractivity contribution in [2.24, 2.45) is 0 Å². The molecule has 0 unspecified atom stereocenters. The van der Waals surface area contributed by atoms with Crippen LogP contribution in [0.3, 0.4) is 0 Å². The molecule has 1 aromatic heterocycles. The fourth-order valence-electron chi connectivity index (χ4n) is 2.93. The minimum absolute atomic E-state index is 0.292. The minimum atomic E-state index is -0.912. The second kappa shape index (κ2) is 7.74. The van der Waals surface area contributed by atoms with Crippen LogP contribution in [0.1, 0.15) is 39.0 Å². The van der Waals surface area contributed by atoms with Gasteiger partial charge in [0.15, 0.2) is 0 Å². The van der Waals surface area contributed by atoms with Crippen molar-refractivity contribution in [3.8, 4) is 5.88 Å². The highest BCUT2D eigenvalue weighted by molar-refractivity contribution is 6.29. The lowest BCUT2D eigenvalue weighted by atomic mass is 10.1. The van der Waals surface area contributed by atoms with Gasteiger partial charge in [-0.3, -0.25) is 0 Å². The molecule has 1 aliphatic heterocycles. The Kier molecular flexibility index (Phi) is 5.64. The fourth-order valence-corrected chi connectivity index (χ4v) is 3.10. The number of methoxy groups -OCH3 is 1. The van der Waals surface area contributed by atoms with Crippen LogP contribution in [0.2, 0.25) is 5.15 Å². The number of anilines is 1. The van der Waals surface area contributed by atoms with Crippen LogP contribution in [-0.4, -0.2) is 54.4 Å². The van der Waals surface area contributed by atoms with Crippen molar-refractivity contribution < 1.29 is 19.0 Å². The molecule has 0 spiro atoms. The molecule has 138 valence electrons. The SMILES string of the molecule is CCCOC1CCN(c2nc(Cl)cc(OC3(C(=O)OC)CC3)n2)CC1. The summed E-state index contributed by atoms with van der Waals surface area (Å²) in [7, 11) is 1.36. The number of ether oxygens (including phenoxy) is 3. The molecule has 1 saturated heterocycles. The number of esters is 1. The van der Waals surface area contributed by atoms with E-state index in [0.717, 1.165) is 39.0 Å². The molecule has 7 nitrogen and oxygen atoms in total. The lowest BCUT2D eigenvalue weighted by Crippen LogP contribution is -2.38. The monoisotopic (exact) mass is 369 g/mol. The van der Waals surface area contributed by atoms with E-state index in [9.17, 15) is 4.79 Å². The topological polar surface area (TPSA) is 73.8 Å². The number of halogens is 1. The van der Waals surface area contributed by atoms with Gasteiger partial charge in [0.05, 0.1) is 13.2 Å². The number of piperidine rings is 1. The summed E-state index contributed by atoms with van der Waals surface area (Å²) < 4.78 is 16.4. The molecule has 1 saturated carbocycles. The van der Waals surface area contributed by atoms with E-state index in [1.165, 1.54) is 13.2 Å². The molecule has 0 aromatic carbocycles. The fraction of sp³-hybridized carbons (Fsp3) is 0.706. The first-order chi connectivity index (χ1) is 12.1. The van der Waals surface area contributed by atoms with E-state index in [1.807, 2.05) is 0 Å². The largest absolute Gasteiger partial charge is 0.466 e. The molecule has 0 amide bonds. The summed E-state index contributed by atoms with van der Waals surface area (Å²) >= 11 is 6.13. The van der Waals surface area contributed by atoms with E-state index in [1.54, 1.807) is 0 Å². The van der Waals surface area contributed by atoms with Crippen LogP contribution in [-0.2, 0) is 14.3 Å². The van der Waals surface area contributed by atoms with Gasteiger partial charge in [0.1, 0.15) is 5.15 Å². The standard InChI is InChI=1S/C17H24ClN3O4/c1-3-10-24-12-4-8-21(9-5-12)16-19-13(18)11-14(20-16)25-17(6-7-17)15(22)23-2/h11-12H,3-10H2,1-2H3. The van der Waals surface area contributed by atoms with Gasteiger partial charge in [-0.1, -0.05) is 18.5 Å². The second-order valence-electron chi connectivity index (χ2n) is 6.47. The highest BCUT2D eigenvalue weighted by Crippen LogP contribution is 2.41. The molecular weight excluding hydrogens is 346 g/mol. The van der Waals surface area contributed by atoms with Crippen LogP contribution in [0.25, 0.3) is 0 Å². The summed E-state index contributed by atoms with van der Waals surface area (Å²) in [4.78, 5) is 22.7. The molecule has 0 atom stereocenters. The number of hydrogen-bond acceptors (Lipinski definition) is 7. The normalized spacial score (nSPS) is 19.6. The third kappa shape index (κ3) is 4.33. The summed E-state index contributed by atoms with van der Waals surface area (Å²) in [6, 6.07) is 1.53. The Bertz CT molecular complexity index is 616. The zero-order valence-electron chi connectivity index (χ0n) is 14.7. The summed E-state index contributed by atoms with van der Waals surface area (Å²) in [6.07, 6.45) is 4.42. The van der Waals surface area contributed by atoms with Crippen LogP contribution < -0.4 is 9.64 Å². The van der Waals surface area contributed by atoms with Crippen molar-refractivity contribution in [2.45, 2.75) is 50.7 Å². The second-order valence-corrected chi connectivity index (χ2v) is 6.86. The summed E-state index contributed by atoms with van der Waals surface area (Å²) in [5.41, 5.74) is -0.912. The summed E-state index contributed by atoms with van der Waals surface area (Å²) in [5.74, 6) is 0.456. The van der Waals surface area contributed by atoms with Crippen molar-refractivity contribution >= 4 is 23.5 Å². The smallest absolute Gasteiger partial charge is 0.350 e. The molecule has 2 aliphatic rings. The van der Waals surface area contributed by atoms with Gasteiger partial charge in [0, 0.05) is 38.6 Å². The van der Waals surface area contributed by atoms with Gasteiger partial charge in [-0.2, -0.15) is 4.98 Å². The molecule has 8 heteroatoms. The number of aromatic nitrogens is 2. The minimum Gasteiger partial charge on any atom is -0.466 e. The number of hydrogen-bond donors (Lipinski definition) is 0. The van der Waals surface area contributed by atoms with Crippen LogP contribution >= 0.6 is 11.6 Å². The van der Waals surface area contributed by atoms with Crippen molar-refractivity contribution in [2.75, 3.05) is 31.7 Å². The Balaban J connectivity index is 1.65. The van der Waals surface area contributed by atoms with Gasteiger partial charge in [0.2, 0.25) is 17.4 Å². The van der Waals surface area contributed by atoms with Crippen molar-refractivity contribution in [1.82, 2.24) is 9.97 Å². The zero-order chi connectivity index (χ0) is 17.9. The third-order valence-corrected chi connectivity index (χ3v) is 4.70. The Morgan fingerprint density at radius 2 is 2.08 bits per heavy atom. The molecule has 0 N–H and O–H groups in total. The molecule has 2 fully saturated rings. The zero-order valence-corrected chi connectivity index (χ0v) is 15.4. The molecule has 1 aliphatic carbocycles. The van der Waals surface area contributed by atoms with Crippen molar-refractivity contribution in [3.05, 3.63) is 11.2 Å². The molecule has 1 aromatic rings. The Morgan fingerprint density at radius 3 is 2.68 bits per heavy atom. The van der Waals surface area contributed by atoms with Gasteiger partial charge in [0.25, 0.3) is 0 Å². The quantitative estimate of drug-likeness (QED) is 0.540. The molecule has 3 rings (SSSR count). The first-order valence-electron chi connectivity index (χ1n) is 8.75. The Morgan fingerprint density at radius 1 is 1.36 bits per heavy atom. The molecule has 0 radical (unpaired) electrons. The Hall–Kier alpha value is -1.60. The highest BCUT2D eigenvalue weighted by atomic mass is 35.5. The van der Waals surface area contributed by atoms with E-state index in [-0.39, 0.29) is 5.97 Å². The van der Waals surface area contributed by atoms with E-state index < -0.39 is 5.60 Å². The highest BCUT2D eigenvalue weighted by Gasteiger charge is 2.54. The lowest BCUT2D eigenvalue weighted by molar-refractivity contribution is -0.151. The van der Waals surface area contributed by atoms with E-state index in [2.05, 4.69) is 21.8 Å². The third-order valence-electron chi connectivity index (χ3n) is 4.50. The number of carbonyl (C=O) groups excluding carboxylic acids is 1. The maximum Gasteiger partial charge on any atom is 0.350 e. The predicted molar refractivity (Wildman–Crippen MR) is 93.1 cm³/mol. The average molecular weight is 370 g/mol. The van der Waals surface area contributed by atoms with Gasteiger partial charge >= 0.3 is 5.97 Å². The molecular formula is C17H24ClN3O4. The average Bonchev–Trinajstić information content (AvgIpc) is 3.39. The molecule has 2 heterocycles. The molecule has 25 heavy (non-hydrogen) atoms. The van der Waals surface area contributed by atoms with Crippen molar-refractivity contribution in [3.63, 3.8) is 0 Å². The van der Waals surface area contributed by atoms with Gasteiger partial charge in [-0.15, -0.1) is 0 Å². The van der Waals surface area contributed by atoms with Crippen LogP contribution in [0.4, 0.5) is 5.95 Å². The number of nitrogens with zero attached hydrogens (tertiary/aromatic N) is 3. The first kappa shape index (κ1) is 18.2. The van der Waals surface area contributed by atoms with Crippen LogP contribution in [0, 0.1) is 0 Å². The number of carbonyl (C=O) groups is 1. The van der Waals surface area contributed by atoms with Gasteiger partial charge in [-0.25, -0.2) is 9.78 Å². The lowest BCUT2D eigenvalue weighted by Gasteiger charge is -2.32. The summed E-state index contributed by atoms with van der Waals surface area (Å²) in [5, 5.41) is 0.296. The molecule has 0 bridgehead atoms. The van der Waals surface area contributed by atoms with Gasteiger partial charge < -0.3 is 19.1 Å². The predicted octanol–water partition coefficient (Wildman–Crippen LogP) is 2.61. The van der Waals surface area contributed by atoms with E-state index in [4.69, 9.17) is 25.8 Å². The number of rotatable bonds is 7. The Labute approximate surface area is 152 Å². The van der Waals surface area contributed by atoms with E-state index >= 15 is 0 Å². The first-order valence-corrected chi connectivity index (χ1v) is 9.12. The van der Waals surface area contributed by atoms with Crippen LogP contribution in [0.15, 0.2) is 6.07 Å². The summed E-state index contributed by atoms with van der Waals surface area (Å²) in [6.45, 7) is 4.51. The maximum atomic E-state index is 11.8.